The highest BCUT2D eigenvalue weighted by molar-refractivity contribution is 5.74. The van der Waals surface area contributed by atoms with E-state index in [1.807, 2.05) is 42.5 Å². The number of carbonyl (C=O) groups excluding carboxylic acids is 1. The fourth-order valence-corrected chi connectivity index (χ4v) is 2.44. The van der Waals surface area contributed by atoms with Gasteiger partial charge in [-0.25, -0.2) is 4.68 Å². The Morgan fingerprint density at radius 1 is 1.17 bits per heavy atom. The quantitative estimate of drug-likeness (QED) is 0.690. The molecule has 2 aromatic carbocycles. The van der Waals surface area contributed by atoms with Gasteiger partial charge in [0.1, 0.15) is 11.8 Å². The Kier molecular flexibility index (Phi) is 4.34. The molecule has 118 valence electrons. The lowest BCUT2D eigenvalue weighted by Crippen LogP contribution is -2.10. The molecule has 3 aromatic rings. The first-order valence-corrected chi connectivity index (χ1v) is 7.31. The Bertz CT molecular complexity index is 910. The van der Waals surface area contributed by atoms with Crippen LogP contribution in [0.25, 0.3) is 16.9 Å². The van der Waals surface area contributed by atoms with Crippen LogP contribution in [-0.4, -0.2) is 28.1 Å². The summed E-state index contributed by atoms with van der Waals surface area (Å²) >= 11 is 0. The van der Waals surface area contributed by atoms with Gasteiger partial charge in [0, 0.05) is 5.56 Å². The summed E-state index contributed by atoms with van der Waals surface area (Å²) in [6.45, 7) is 0. The van der Waals surface area contributed by atoms with E-state index in [0.717, 1.165) is 5.56 Å². The zero-order chi connectivity index (χ0) is 16.9. The first kappa shape index (κ1) is 15.4. The van der Waals surface area contributed by atoms with Crippen molar-refractivity contribution >= 4 is 5.97 Å². The highest BCUT2D eigenvalue weighted by Crippen LogP contribution is 2.24. The third-order valence-corrected chi connectivity index (χ3v) is 3.61. The van der Waals surface area contributed by atoms with Crippen LogP contribution >= 0.6 is 0 Å². The smallest absolute Gasteiger partial charge is 0.310 e. The van der Waals surface area contributed by atoms with Crippen LogP contribution in [0, 0.1) is 11.3 Å². The summed E-state index contributed by atoms with van der Waals surface area (Å²) < 4.78 is 6.19. The molecule has 0 spiro atoms. The number of aromatic nitrogens is 3. The molecule has 0 aliphatic rings. The molecule has 1 heterocycles. The van der Waals surface area contributed by atoms with Gasteiger partial charge in [0.25, 0.3) is 0 Å². The molecule has 0 fully saturated rings. The summed E-state index contributed by atoms with van der Waals surface area (Å²) in [6.07, 6.45) is 0.0953. The number of benzene rings is 2. The molecule has 0 radical (unpaired) electrons. The molecule has 3 rings (SSSR count). The maximum Gasteiger partial charge on any atom is 0.310 e. The SMILES string of the molecule is COC(=O)Cc1ccccc1-n1nnc(-c2ccccc2)c1C#N. The highest BCUT2D eigenvalue weighted by Gasteiger charge is 2.18. The number of nitrogens with zero attached hydrogens (tertiary/aromatic N) is 4. The van der Waals surface area contributed by atoms with Gasteiger partial charge in [-0.3, -0.25) is 4.79 Å². The summed E-state index contributed by atoms with van der Waals surface area (Å²) in [5, 5.41) is 17.9. The van der Waals surface area contributed by atoms with E-state index in [4.69, 9.17) is 4.74 Å². The molecular weight excluding hydrogens is 304 g/mol. The van der Waals surface area contributed by atoms with Crippen LogP contribution in [0.5, 0.6) is 0 Å². The average molecular weight is 318 g/mol. The number of methoxy groups -OCH3 is 1. The second kappa shape index (κ2) is 6.75. The summed E-state index contributed by atoms with van der Waals surface area (Å²) in [4.78, 5) is 11.6. The van der Waals surface area contributed by atoms with Crippen LogP contribution in [0.4, 0.5) is 0 Å². The highest BCUT2D eigenvalue weighted by atomic mass is 16.5. The number of hydrogen-bond acceptors (Lipinski definition) is 5. The van der Waals surface area contributed by atoms with E-state index in [9.17, 15) is 10.1 Å². The largest absolute Gasteiger partial charge is 0.469 e. The normalized spacial score (nSPS) is 10.2. The van der Waals surface area contributed by atoms with Crippen LogP contribution < -0.4 is 0 Å². The maximum absolute atomic E-state index is 11.6. The van der Waals surface area contributed by atoms with Crippen LogP contribution in [0.3, 0.4) is 0 Å². The number of hydrogen-bond donors (Lipinski definition) is 0. The second-order valence-corrected chi connectivity index (χ2v) is 5.06. The first-order chi connectivity index (χ1) is 11.7. The average Bonchev–Trinajstić information content (AvgIpc) is 3.06. The van der Waals surface area contributed by atoms with Gasteiger partial charge >= 0.3 is 5.97 Å². The molecule has 0 amide bonds. The van der Waals surface area contributed by atoms with E-state index in [0.29, 0.717) is 22.6 Å². The van der Waals surface area contributed by atoms with Crippen molar-refractivity contribution in [1.29, 1.82) is 5.26 Å². The lowest BCUT2D eigenvalue weighted by molar-refractivity contribution is -0.139. The molecule has 0 aliphatic carbocycles. The molecular formula is C18H14N4O2. The molecule has 24 heavy (non-hydrogen) atoms. The minimum absolute atomic E-state index is 0.0953. The third-order valence-electron chi connectivity index (χ3n) is 3.61. The number of nitriles is 1. The molecule has 1 aromatic heterocycles. The number of rotatable bonds is 4. The van der Waals surface area contributed by atoms with Crippen molar-refractivity contribution in [2.45, 2.75) is 6.42 Å². The van der Waals surface area contributed by atoms with Gasteiger partial charge in [0.05, 0.1) is 19.2 Å². The van der Waals surface area contributed by atoms with Crippen molar-refractivity contribution in [1.82, 2.24) is 15.0 Å². The monoisotopic (exact) mass is 318 g/mol. The van der Waals surface area contributed by atoms with Crippen molar-refractivity contribution < 1.29 is 9.53 Å². The molecule has 6 heteroatoms. The lowest BCUT2D eigenvalue weighted by atomic mass is 10.1. The number of para-hydroxylation sites is 1. The zero-order valence-electron chi connectivity index (χ0n) is 13.0. The lowest BCUT2D eigenvalue weighted by Gasteiger charge is -2.08. The summed E-state index contributed by atoms with van der Waals surface area (Å²) in [6, 6.07) is 18.8. The van der Waals surface area contributed by atoms with E-state index in [1.54, 1.807) is 12.1 Å². The van der Waals surface area contributed by atoms with Gasteiger partial charge in [-0.05, 0) is 11.6 Å². The molecule has 0 aliphatic heterocycles. The van der Waals surface area contributed by atoms with Crippen molar-refractivity contribution in [3.63, 3.8) is 0 Å². The van der Waals surface area contributed by atoms with E-state index in [1.165, 1.54) is 11.8 Å². The molecule has 0 atom stereocenters. The van der Waals surface area contributed by atoms with Gasteiger partial charge < -0.3 is 4.74 Å². The topological polar surface area (TPSA) is 80.8 Å². The van der Waals surface area contributed by atoms with Gasteiger partial charge in [-0.15, -0.1) is 5.10 Å². The Morgan fingerprint density at radius 2 is 1.88 bits per heavy atom. The van der Waals surface area contributed by atoms with E-state index >= 15 is 0 Å². The van der Waals surface area contributed by atoms with E-state index < -0.39 is 0 Å². The minimum Gasteiger partial charge on any atom is -0.469 e. The molecule has 0 saturated heterocycles. The van der Waals surface area contributed by atoms with Gasteiger partial charge in [-0.2, -0.15) is 5.26 Å². The summed E-state index contributed by atoms with van der Waals surface area (Å²) in [5.74, 6) is -0.357. The second-order valence-electron chi connectivity index (χ2n) is 5.06. The third kappa shape index (κ3) is 2.88. The fraction of sp³-hybridized carbons (Fsp3) is 0.111. The van der Waals surface area contributed by atoms with Crippen LogP contribution in [0.1, 0.15) is 11.3 Å². The van der Waals surface area contributed by atoms with Gasteiger partial charge in [0.15, 0.2) is 5.69 Å². The predicted octanol–water partition coefficient (Wildman–Crippen LogP) is 2.52. The Labute approximate surface area is 138 Å². The van der Waals surface area contributed by atoms with Crippen LogP contribution in [0.15, 0.2) is 54.6 Å². The number of ether oxygens (including phenoxy) is 1. The Hall–Kier alpha value is -3.46. The molecule has 6 nitrogen and oxygen atoms in total. The van der Waals surface area contributed by atoms with Crippen molar-refractivity contribution in [2.24, 2.45) is 0 Å². The van der Waals surface area contributed by atoms with E-state index in [-0.39, 0.29) is 12.4 Å². The van der Waals surface area contributed by atoms with Gasteiger partial charge in [-0.1, -0.05) is 53.7 Å². The first-order valence-electron chi connectivity index (χ1n) is 7.31. The van der Waals surface area contributed by atoms with E-state index in [2.05, 4.69) is 16.4 Å². The predicted molar refractivity (Wildman–Crippen MR) is 87.2 cm³/mol. The number of esters is 1. The van der Waals surface area contributed by atoms with Crippen molar-refractivity contribution in [3.05, 3.63) is 65.9 Å². The summed E-state index contributed by atoms with van der Waals surface area (Å²) in [5.41, 5.74) is 2.98. The van der Waals surface area contributed by atoms with Crippen LogP contribution in [-0.2, 0) is 16.0 Å². The standard InChI is InChI=1S/C18H14N4O2/c1-24-17(23)11-14-9-5-6-10-15(14)22-16(12-19)18(20-21-22)13-7-3-2-4-8-13/h2-10H,11H2,1H3. The fourth-order valence-electron chi connectivity index (χ4n) is 2.44. The van der Waals surface area contributed by atoms with Crippen LogP contribution in [0.2, 0.25) is 0 Å². The van der Waals surface area contributed by atoms with Crippen molar-refractivity contribution in [3.8, 4) is 23.0 Å². The molecule has 0 saturated carbocycles. The molecule has 0 N–H and O–H groups in total. The summed E-state index contributed by atoms with van der Waals surface area (Å²) in [7, 11) is 1.34. The Morgan fingerprint density at radius 3 is 2.58 bits per heavy atom. The number of carbonyl (C=O) groups is 1. The van der Waals surface area contributed by atoms with Crippen molar-refractivity contribution in [2.75, 3.05) is 7.11 Å². The minimum atomic E-state index is -0.357. The molecule has 0 unspecified atom stereocenters. The maximum atomic E-state index is 11.6. The Balaban J connectivity index is 2.11. The molecule has 0 bridgehead atoms. The zero-order valence-corrected chi connectivity index (χ0v) is 13.0. The van der Waals surface area contributed by atoms with Gasteiger partial charge in [0.2, 0.25) is 0 Å².